The number of hydrogen-bond donors (Lipinski definition) is 1. The van der Waals surface area contributed by atoms with E-state index in [1.807, 2.05) is 0 Å². The predicted molar refractivity (Wildman–Crippen MR) is 96.7 cm³/mol. The average Bonchev–Trinajstić information content (AvgIpc) is 3.08. The fraction of sp³-hybridized carbons (Fsp3) is 0.444. The molecule has 2 heterocycles. The van der Waals surface area contributed by atoms with Gasteiger partial charge < -0.3 is 9.88 Å². The van der Waals surface area contributed by atoms with Crippen molar-refractivity contribution in [2.45, 2.75) is 39.5 Å². The molecule has 1 atom stereocenters. The molecule has 1 aromatic carbocycles. The highest BCUT2D eigenvalue weighted by Crippen LogP contribution is 2.33. The topological polar surface area (TPSA) is 42.7 Å². The van der Waals surface area contributed by atoms with E-state index < -0.39 is 0 Å². The van der Waals surface area contributed by atoms with Crippen molar-refractivity contribution in [3.05, 3.63) is 34.3 Å². The molecular formula is C18H22N4S. The molecule has 2 aromatic heterocycles. The molecule has 120 valence electrons. The first-order valence-electron chi connectivity index (χ1n) is 8.35. The lowest BCUT2D eigenvalue weighted by Gasteiger charge is -2.15. The van der Waals surface area contributed by atoms with Gasteiger partial charge in [-0.15, -0.1) is 11.3 Å². The number of aromatic nitrogens is 3. The highest BCUT2D eigenvalue weighted by molar-refractivity contribution is 7.15. The largest absolute Gasteiger partial charge is 0.313 e. The minimum atomic E-state index is 0.777. The van der Waals surface area contributed by atoms with Gasteiger partial charge in [-0.1, -0.05) is 19.9 Å². The molecule has 23 heavy (non-hydrogen) atoms. The van der Waals surface area contributed by atoms with Crippen molar-refractivity contribution in [2.24, 2.45) is 13.0 Å². The fourth-order valence-electron chi connectivity index (χ4n) is 3.27. The van der Waals surface area contributed by atoms with Crippen LogP contribution in [-0.2, 0) is 26.3 Å². The molecule has 0 saturated carbocycles. The third kappa shape index (κ3) is 2.63. The van der Waals surface area contributed by atoms with Gasteiger partial charge in [-0.05, 0) is 49.3 Å². The first kappa shape index (κ1) is 14.7. The van der Waals surface area contributed by atoms with Crippen LogP contribution in [0, 0.1) is 5.92 Å². The summed E-state index contributed by atoms with van der Waals surface area (Å²) >= 11 is 1.78. The number of benzene rings is 1. The lowest BCUT2D eigenvalue weighted by atomic mass is 9.93. The van der Waals surface area contributed by atoms with E-state index in [-0.39, 0.29) is 0 Å². The highest BCUT2D eigenvalue weighted by Gasteiger charge is 2.20. The number of rotatable bonds is 3. The molecule has 0 bridgehead atoms. The second-order valence-electron chi connectivity index (χ2n) is 6.53. The van der Waals surface area contributed by atoms with Crippen LogP contribution in [0.25, 0.3) is 11.0 Å². The standard InChI is InChI=1S/C18H22N4S/c1-4-12-6-8-15-14(10-12)19-17(22(15)3)21-18-20-13-7-5-11(2)9-16(13)23-18/h6,8,10-11H,4-5,7,9H2,1-3H3,(H,19,20,21). The van der Waals surface area contributed by atoms with Crippen molar-refractivity contribution < 1.29 is 0 Å². The molecule has 1 N–H and O–H groups in total. The van der Waals surface area contributed by atoms with E-state index >= 15 is 0 Å². The lowest BCUT2D eigenvalue weighted by Crippen LogP contribution is -2.09. The summed E-state index contributed by atoms with van der Waals surface area (Å²) in [4.78, 5) is 11.0. The number of nitrogens with zero attached hydrogens (tertiary/aromatic N) is 3. The number of anilines is 2. The number of aryl methyl sites for hydroxylation is 3. The van der Waals surface area contributed by atoms with Gasteiger partial charge in [0.15, 0.2) is 5.13 Å². The molecule has 3 aromatic rings. The molecule has 5 heteroatoms. The minimum Gasteiger partial charge on any atom is -0.313 e. The van der Waals surface area contributed by atoms with Crippen LogP contribution in [-0.4, -0.2) is 14.5 Å². The second-order valence-corrected chi connectivity index (χ2v) is 7.62. The maximum atomic E-state index is 4.78. The van der Waals surface area contributed by atoms with Crippen molar-refractivity contribution in [3.8, 4) is 0 Å². The molecular weight excluding hydrogens is 304 g/mol. The van der Waals surface area contributed by atoms with E-state index in [2.05, 4.69) is 49.0 Å². The summed E-state index contributed by atoms with van der Waals surface area (Å²) in [5.41, 5.74) is 4.80. The Kier molecular flexibility index (Phi) is 3.60. The Morgan fingerprint density at radius 1 is 1.35 bits per heavy atom. The zero-order valence-electron chi connectivity index (χ0n) is 13.9. The highest BCUT2D eigenvalue weighted by atomic mass is 32.1. The molecule has 0 saturated heterocycles. The van der Waals surface area contributed by atoms with Crippen molar-refractivity contribution in [1.29, 1.82) is 0 Å². The second kappa shape index (κ2) is 5.64. The Hall–Kier alpha value is -1.88. The smallest absolute Gasteiger partial charge is 0.209 e. The van der Waals surface area contributed by atoms with Gasteiger partial charge >= 0.3 is 0 Å². The SMILES string of the molecule is CCc1ccc2c(c1)nc(Nc1nc3c(s1)CC(C)CC3)n2C. The van der Waals surface area contributed by atoms with Crippen LogP contribution < -0.4 is 5.32 Å². The Labute approximate surface area is 140 Å². The van der Waals surface area contributed by atoms with E-state index in [1.165, 1.54) is 22.6 Å². The van der Waals surface area contributed by atoms with Crippen LogP contribution >= 0.6 is 11.3 Å². The monoisotopic (exact) mass is 326 g/mol. The zero-order valence-corrected chi connectivity index (χ0v) is 14.7. The first-order chi connectivity index (χ1) is 11.1. The summed E-state index contributed by atoms with van der Waals surface area (Å²) in [5, 5.41) is 4.40. The predicted octanol–water partition coefficient (Wildman–Crippen LogP) is 4.46. The third-order valence-electron chi connectivity index (χ3n) is 4.76. The maximum absolute atomic E-state index is 4.78. The molecule has 0 spiro atoms. The van der Waals surface area contributed by atoms with Gasteiger partial charge in [-0.3, -0.25) is 0 Å². The Morgan fingerprint density at radius 3 is 3.04 bits per heavy atom. The number of fused-ring (bicyclic) bond motifs is 2. The van der Waals surface area contributed by atoms with Crippen molar-refractivity contribution >= 4 is 33.5 Å². The molecule has 1 unspecified atom stereocenters. The molecule has 4 rings (SSSR count). The molecule has 0 fully saturated rings. The van der Waals surface area contributed by atoms with Crippen LogP contribution in [0.2, 0.25) is 0 Å². The van der Waals surface area contributed by atoms with Gasteiger partial charge in [0.25, 0.3) is 0 Å². The van der Waals surface area contributed by atoms with Gasteiger partial charge in [-0.2, -0.15) is 0 Å². The van der Waals surface area contributed by atoms with Gasteiger partial charge in [0.05, 0.1) is 16.7 Å². The summed E-state index contributed by atoms with van der Waals surface area (Å²) in [5.74, 6) is 1.64. The van der Waals surface area contributed by atoms with E-state index in [4.69, 9.17) is 9.97 Å². The summed E-state index contributed by atoms with van der Waals surface area (Å²) in [6, 6.07) is 6.51. The van der Waals surface area contributed by atoms with Crippen molar-refractivity contribution in [1.82, 2.24) is 14.5 Å². The fourth-order valence-corrected chi connectivity index (χ4v) is 4.43. The Bertz CT molecular complexity index is 861. The van der Waals surface area contributed by atoms with E-state index in [0.717, 1.165) is 47.3 Å². The lowest BCUT2D eigenvalue weighted by molar-refractivity contribution is 0.502. The average molecular weight is 326 g/mol. The van der Waals surface area contributed by atoms with Gasteiger partial charge in [0, 0.05) is 11.9 Å². The summed E-state index contributed by atoms with van der Waals surface area (Å²) < 4.78 is 2.11. The molecule has 0 amide bonds. The van der Waals surface area contributed by atoms with E-state index in [9.17, 15) is 0 Å². The molecule has 0 aliphatic heterocycles. The van der Waals surface area contributed by atoms with Gasteiger partial charge in [-0.25, -0.2) is 9.97 Å². The van der Waals surface area contributed by atoms with Crippen LogP contribution in [0.3, 0.4) is 0 Å². The van der Waals surface area contributed by atoms with E-state index in [0.29, 0.717) is 0 Å². The minimum absolute atomic E-state index is 0.777. The van der Waals surface area contributed by atoms with Gasteiger partial charge in [0.1, 0.15) is 0 Å². The molecule has 0 radical (unpaired) electrons. The van der Waals surface area contributed by atoms with Crippen LogP contribution in [0.15, 0.2) is 18.2 Å². The third-order valence-corrected chi connectivity index (χ3v) is 5.79. The summed E-state index contributed by atoms with van der Waals surface area (Å²) in [6.07, 6.45) is 4.56. The van der Waals surface area contributed by atoms with Crippen LogP contribution in [0.1, 0.15) is 36.4 Å². The van der Waals surface area contributed by atoms with E-state index in [1.54, 1.807) is 11.3 Å². The number of hydrogen-bond acceptors (Lipinski definition) is 4. The normalized spacial score (nSPS) is 17.4. The van der Waals surface area contributed by atoms with Gasteiger partial charge in [0.2, 0.25) is 5.95 Å². The molecule has 1 aliphatic rings. The Morgan fingerprint density at radius 2 is 2.22 bits per heavy atom. The molecule has 1 aliphatic carbocycles. The first-order valence-corrected chi connectivity index (χ1v) is 9.16. The maximum Gasteiger partial charge on any atom is 0.209 e. The summed E-state index contributed by atoms with van der Waals surface area (Å²) in [7, 11) is 2.05. The quantitative estimate of drug-likeness (QED) is 0.772. The summed E-state index contributed by atoms with van der Waals surface area (Å²) in [6.45, 7) is 4.50. The van der Waals surface area contributed by atoms with Crippen molar-refractivity contribution in [3.63, 3.8) is 0 Å². The van der Waals surface area contributed by atoms with Crippen LogP contribution in [0.4, 0.5) is 11.1 Å². The Balaban J connectivity index is 1.66. The number of nitrogens with one attached hydrogen (secondary N) is 1. The zero-order chi connectivity index (χ0) is 16.0. The number of imidazole rings is 1. The number of thiazole rings is 1. The van der Waals surface area contributed by atoms with Crippen molar-refractivity contribution in [2.75, 3.05) is 5.32 Å². The molecule has 4 nitrogen and oxygen atoms in total. The van der Waals surface area contributed by atoms with Crippen LogP contribution in [0.5, 0.6) is 0 Å².